The smallest absolute Gasteiger partial charge is 0.307 e. The molecule has 0 aromatic rings. The third kappa shape index (κ3) is 2.28. The largest absolute Gasteiger partial charge is 0.481 e. The Morgan fingerprint density at radius 1 is 1.33 bits per heavy atom. The molecule has 2 aliphatic carbocycles. The SMILES string of the molecule is C[C@H]1[C@@H](NS(=O)(=O)C2CC2)C[C@@H](C(=O)O)C1(C)C. The summed E-state index contributed by atoms with van der Waals surface area (Å²) in [5, 5.41) is 8.97. The molecule has 0 heterocycles. The highest BCUT2D eigenvalue weighted by molar-refractivity contribution is 7.90. The van der Waals surface area contributed by atoms with Crippen molar-refractivity contribution < 1.29 is 18.3 Å². The highest BCUT2D eigenvalue weighted by atomic mass is 32.2. The summed E-state index contributed by atoms with van der Waals surface area (Å²) in [5.41, 5.74) is -0.386. The van der Waals surface area contributed by atoms with Crippen molar-refractivity contribution in [3.8, 4) is 0 Å². The van der Waals surface area contributed by atoms with E-state index in [4.69, 9.17) is 0 Å². The first-order valence-electron chi connectivity index (χ1n) is 6.40. The van der Waals surface area contributed by atoms with Crippen LogP contribution in [0, 0.1) is 17.3 Å². The number of sulfonamides is 1. The predicted octanol–water partition coefficient (Wildman–Crippen LogP) is 1.20. The van der Waals surface area contributed by atoms with Crippen LogP contribution in [-0.4, -0.2) is 30.8 Å². The lowest BCUT2D eigenvalue weighted by Crippen LogP contribution is -2.40. The molecule has 0 spiro atoms. The molecule has 2 fully saturated rings. The van der Waals surface area contributed by atoms with Crippen molar-refractivity contribution in [3.05, 3.63) is 0 Å². The summed E-state index contributed by atoms with van der Waals surface area (Å²) in [5.74, 6) is -1.30. The molecule has 2 saturated carbocycles. The van der Waals surface area contributed by atoms with Crippen molar-refractivity contribution in [1.82, 2.24) is 4.72 Å². The second-order valence-electron chi connectivity index (χ2n) is 6.21. The van der Waals surface area contributed by atoms with Crippen LogP contribution in [0.5, 0.6) is 0 Å². The van der Waals surface area contributed by atoms with E-state index in [1.165, 1.54) is 0 Å². The highest BCUT2D eigenvalue weighted by Gasteiger charge is 2.51. The maximum absolute atomic E-state index is 11.9. The first-order valence-corrected chi connectivity index (χ1v) is 7.95. The Kier molecular flexibility index (Phi) is 3.22. The lowest BCUT2D eigenvalue weighted by molar-refractivity contribution is -0.145. The molecule has 0 amide bonds. The van der Waals surface area contributed by atoms with Crippen LogP contribution in [-0.2, 0) is 14.8 Å². The molecule has 5 nitrogen and oxygen atoms in total. The maximum atomic E-state index is 11.9. The van der Waals surface area contributed by atoms with Gasteiger partial charge in [0.25, 0.3) is 0 Å². The van der Waals surface area contributed by atoms with Crippen molar-refractivity contribution in [2.75, 3.05) is 0 Å². The Hall–Kier alpha value is -0.620. The fourth-order valence-corrected chi connectivity index (χ4v) is 4.52. The van der Waals surface area contributed by atoms with E-state index in [-0.39, 0.29) is 22.6 Å². The Bertz CT molecular complexity index is 453. The topological polar surface area (TPSA) is 83.5 Å². The number of hydrogen-bond acceptors (Lipinski definition) is 3. The van der Waals surface area contributed by atoms with E-state index in [1.807, 2.05) is 20.8 Å². The molecular formula is C12H21NO4S. The molecule has 2 aliphatic rings. The number of carboxylic acids is 1. The van der Waals surface area contributed by atoms with E-state index >= 15 is 0 Å². The van der Waals surface area contributed by atoms with Gasteiger partial charge < -0.3 is 5.11 Å². The summed E-state index contributed by atoms with van der Waals surface area (Å²) in [6.45, 7) is 5.74. The molecule has 0 radical (unpaired) electrons. The van der Waals surface area contributed by atoms with Gasteiger partial charge in [-0.1, -0.05) is 20.8 Å². The van der Waals surface area contributed by atoms with Crippen LogP contribution in [0.4, 0.5) is 0 Å². The summed E-state index contributed by atoms with van der Waals surface area (Å²) in [4.78, 5) is 11.2. The maximum Gasteiger partial charge on any atom is 0.307 e. The van der Waals surface area contributed by atoms with Gasteiger partial charge in [-0.05, 0) is 30.6 Å². The Labute approximate surface area is 108 Å². The number of hydrogen-bond donors (Lipinski definition) is 2. The summed E-state index contributed by atoms with van der Waals surface area (Å²) in [6.07, 6.45) is 1.83. The summed E-state index contributed by atoms with van der Waals surface area (Å²) in [6, 6.07) is -0.258. The first kappa shape index (κ1) is 13.8. The molecule has 0 aliphatic heterocycles. The average Bonchev–Trinajstić information content (AvgIpc) is 3.02. The first-order chi connectivity index (χ1) is 8.16. The van der Waals surface area contributed by atoms with Crippen molar-refractivity contribution >= 4 is 16.0 Å². The third-order valence-corrected chi connectivity index (χ3v) is 6.72. The summed E-state index contributed by atoms with van der Waals surface area (Å²) >= 11 is 0. The van der Waals surface area contributed by atoms with E-state index < -0.39 is 21.9 Å². The van der Waals surface area contributed by atoms with Crippen LogP contribution in [0.2, 0.25) is 0 Å². The molecule has 2 rings (SSSR count). The van der Waals surface area contributed by atoms with Crippen LogP contribution < -0.4 is 4.72 Å². The van der Waals surface area contributed by atoms with Gasteiger partial charge in [0.05, 0.1) is 11.2 Å². The number of rotatable bonds is 4. The zero-order valence-electron chi connectivity index (χ0n) is 11.0. The van der Waals surface area contributed by atoms with Gasteiger partial charge in [-0.15, -0.1) is 0 Å². The normalized spacial score (nSPS) is 35.6. The fraction of sp³-hybridized carbons (Fsp3) is 0.917. The van der Waals surface area contributed by atoms with Gasteiger partial charge in [0.2, 0.25) is 10.0 Å². The molecule has 3 atom stereocenters. The Morgan fingerprint density at radius 3 is 2.28 bits per heavy atom. The van der Waals surface area contributed by atoms with E-state index in [0.29, 0.717) is 6.42 Å². The molecular weight excluding hydrogens is 254 g/mol. The van der Waals surface area contributed by atoms with Crippen LogP contribution in [0.3, 0.4) is 0 Å². The number of carbonyl (C=O) groups is 1. The summed E-state index contributed by atoms with van der Waals surface area (Å²) < 4.78 is 26.6. The molecule has 0 aromatic carbocycles. The van der Waals surface area contributed by atoms with Gasteiger partial charge in [0.1, 0.15) is 0 Å². The van der Waals surface area contributed by atoms with Crippen molar-refractivity contribution in [1.29, 1.82) is 0 Å². The standard InChI is InChI=1S/C12H21NO4S/c1-7-10(13-18(16,17)8-4-5-8)6-9(11(14)15)12(7,2)3/h7-10,13H,4-6H2,1-3H3,(H,14,15)/t7-,9-,10-/m0/s1. The Morgan fingerprint density at radius 2 is 1.89 bits per heavy atom. The van der Waals surface area contributed by atoms with Gasteiger partial charge in [0.15, 0.2) is 0 Å². The molecule has 0 aromatic heterocycles. The minimum Gasteiger partial charge on any atom is -0.481 e. The Balaban J connectivity index is 2.14. The molecule has 0 bridgehead atoms. The van der Waals surface area contributed by atoms with Gasteiger partial charge in [0, 0.05) is 6.04 Å². The molecule has 104 valence electrons. The fourth-order valence-electron chi connectivity index (χ4n) is 2.85. The van der Waals surface area contributed by atoms with Gasteiger partial charge >= 0.3 is 5.97 Å². The zero-order chi connectivity index (χ0) is 13.7. The minimum atomic E-state index is -3.25. The van der Waals surface area contributed by atoms with Crippen LogP contribution >= 0.6 is 0 Å². The third-order valence-electron chi connectivity index (χ3n) is 4.74. The second-order valence-corrected chi connectivity index (χ2v) is 8.20. The van der Waals surface area contributed by atoms with E-state index in [2.05, 4.69) is 4.72 Å². The number of carboxylic acid groups (broad SMARTS) is 1. The lowest BCUT2D eigenvalue weighted by atomic mass is 9.76. The molecule has 0 saturated heterocycles. The molecule has 18 heavy (non-hydrogen) atoms. The van der Waals surface area contributed by atoms with E-state index in [9.17, 15) is 18.3 Å². The monoisotopic (exact) mass is 275 g/mol. The molecule has 6 heteroatoms. The van der Waals surface area contributed by atoms with Crippen LogP contribution in [0.15, 0.2) is 0 Å². The van der Waals surface area contributed by atoms with Crippen molar-refractivity contribution in [2.24, 2.45) is 17.3 Å². The minimum absolute atomic E-state index is 0.0205. The predicted molar refractivity (Wildman–Crippen MR) is 67.6 cm³/mol. The van der Waals surface area contributed by atoms with Crippen molar-refractivity contribution in [3.63, 3.8) is 0 Å². The van der Waals surface area contributed by atoms with Crippen LogP contribution in [0.25, 0.3) is 0 Å². The van der Waals surface area contributed by atoms with Gasteiger partial charge in [-0.2, -0.15) is 0 Å². The quantitative estimate of drug-likeness (QED) is 0.807. The van der Waals surface area contributed by atoms with E-state index in [1.54, 1.807) is 0 Å². The lowest BCUT2D eigenvalue weighted by Gasteiger charge is -2.29. The number of nitrogens with one attached hydrogen (secondary N) is 1. The number of aliphatic carboxylic acids is 1. The zero-order valence-corrected chi connectivity index (χ0v) is 11.8. The average molecular weight is 275 g/mol. The van der Waals surface area contributed by atoms with Crippen LogP contribution in [0.1, 0.15) is 40.0 Å². The van der Waals surface area contributed by atoms with E-state index in [0.717, 1.165) is 12.8 Å². The van der Waals surface area contributed by atoms with Crippen molar-refractivity contribution in [2.45, 2.75) is 51.3 Å². The van der Waals surface area contributed by atoms with Gasteiger partial charge in [-0.25, -0.2) is 13.1 Å². The molecule has 0 unspecified atom stereocenters. The molecule has 2 N–H and O–H groups in total. The summed E-state index contributed by atoms with van der Waals surface area (Å²) in [7, 11) is -3.25. The van der Waals surface area contributed by atoms with Gasteiger partial charge in [-0.3, -0.25) is 4.79 Å². The second kappa shape index (κ2) is 4.20. The highest BCUT2D eigenvalue weighted by Crippen LogP contribution is 2.47.